The van der Waals surface area contributed by atoms with E-state index in [9.17, 15) is 9.90 Å². The van der Waals surface area contributed by atoms with Gasteiger partial charge in [-0.3, -0.25) is 4.79 Å². The predicted molar refractivity (Wildman–Crippen MR) is 68.3 cm³/mol. The summed E-state index contributed by atoms with van der Waals surface area (Å²) in [5.41, 5.74) is 3.35. The average molecular weight is 232 g/mol. The van der Waals surface area contributed by atoms with Crippen molar-refractivity contribution in [2.75, 3.05) is 0 Å². The molecule has 92 valence electrons. The molecule has 0 aliphatic heterocycles. The maximum absolute atomic E-state index is 11.6. The zero-order valence-corrected chi connectivity index (χ0v) is 10.6. The van der Waals surface area contributed by atoms with Gasteiger partial charge in [-0.25, -0.2) is 0 Å². The third-order valence-corrected chi connectivity index (χ3v) is 4.12. The highest BCUT2D eigenvalue weighted by atomic mass is 16.4. The molecule has 2 nitrogen and oxygen atoms in total. The molecule has 1 unspecified atom stereocenters. The minimum Gasteiger partial charge on any atom is -0.481 e. The average Bonchev–Trinajstić information content (AvgIpc) is 2.77. The summed E-state index contributed by atoms with van der Waals surface area (Å²) in [7, 11) is 0. The molecule has 0 bridgehead atoms. The van der Waals surface area contributed by atoms with E-state index < -0.39 is 5.97 Å². The number of carboxylic acids is 1. The van der Waals surface area contributed by atoms with E-state index in [0.717, 1.165) is 24.0 Å². The van der Waals surface area contributed by atoms with Gasteiger partial charge >= 0.3 is 5.97 Å². The zero-order chi connectivity index (χ0) is 12.4. The van der Waals surface area contributed by atoms with Gasteiger partial charge in [-0.2, -0.15) is 0 Å². The number of hydrogen-bond acceptors (Lipinski definition) is 1. The van der Waals surface area contributed by atoms with E-state index in [-0.39, 0.29) is 5.92 Å². The van der Waals surface area contributed by atoms with Gasteiger partial charge in [0.25, 0.3) is 0 Å². The first kappa shape index (κ1) is 12.2. The highest BCUT2D eigenvalue weighted by Crippen LogP contribution is 2.39. The zero-order valence-electron chi connectivity index (χ0n) is 10.6. The van der Waals surface area contributed by atoms with Crippen LogP contribution in [0.1, 0.15) is 48.3 Å². The minimum atomic E-state index is -0.661. The van der Waals surface area contributed by atoms with Crippen LogP contribution in [0.15, 0.2) is 18.2 Å². The summed E-state index contributed by atoms with van der Waals surface area (Å²) < 4.78 is 0. The Kier molecular flexibility index (Phi) is 3.51. The lowest BCUT2D eigenvalue weighted by Gasteiger charge is -2.22. The number of carboxylic acid groups (broad SMARTS) is 1. The summed E-state index contributed by atoms with van der Waals surface area (Å²) in [6.45, 7) is 4.09. The highest BCUT2D eigenvalue weighted by Gasteiger charge is 2.32. The molecule has 1 aliphatic rings. The molecule has 1 saturated carbocycles. The molecule has 1 aromatic rings. The van der Waals surface area contributed by atoms with E-state index in [1.807, 2.05) is 32.0 Å². The van der Waals surface area contributed by atoms with Crippen LogP contribution in [-0.4, -0.2) is 11.1 Å². The number of rotatable bonds is 3. The van der Waals surface area contributed by atoms with Gasteiger partial charge in [0.2, 0.25) is 0 Å². The van der Waals surface area contributed by atoms with Crippen LogP contribution in [0.2, 0.25) is 0 Å². The van der Waals surface area contributed by atoms with Gasteiger partial charge in [-0.05, 0) is 49.3 Å². The monoisotopic (exact) mass is 232 g/mol. The Balaban J connectivity index is 2.38. The minimum absolute atomic E-state index is 0.308. The Morgan fingerprint density at radius 3 is 2.53 bits per heavy atom. The standard InChI is InChI=1S/C15H20O2/c1-10-6-5-9-13(11(10)2)14(15(16)17)12-7-3-4-8-12/h5-6,9,12,14H,3-4,7-8H2,1-2H3,(H,16,17). The fourth-order valence-corrected chi connectivity index (χ4v) is 2.99. The van der Waals surface area contributed by atoms with E-state index in [1.54, 1.807) is 0 Å². The number of benzene rings is 1. The second-order valence-electron chi connectivity index (χ2n) is 5.15. The quantitative estimate of drug-likeness (QED) is 0.863. The molecule has 0 heterocycles. The second-order valence-corrected chi connectivity index (χ2v) is 5.15. The van der Waals surface area contributed by atoms with Gasteiger partial charge in [0.15, 0.2) is 0 Å². The van der Waals surface area contributed by atoms with Gasteiger partial charge in [-0.1, -0.05) is 31.0 Å². The van der Waals surface area contributed by atoms with Gasteiger partial charge in [-0.15, -0.1) is 0 Å². The molecule has 0 spiro atoms. The van der Waals surface area contributed by atoms with Gasteiger partial charge < -0.3 is 5.11 Å². The van der Waals surface area contributed by atoms with Crippen molar-refractivity contribution in [3.8, 4) is 0 Å². The fraction of sp³-hybridized carbons (Fsp3) is 0.533. The van der Waals surface area contributed by atoms with Crippen LogP contribution in [0, 0.1) is 19.8 Å². The Labute approximate surface area is 103 Å². The van der Waals surface area contributed by atoms with E-state index in [2.05, 4.69) is 0 Å². The summed E-state index contributed by atoms with van der Waals surface area (Å²) in [5.74, 6) is -0.643. The van der Waals surface area contributed by atoms with E-state index in [0.29, 0.717) is 5.92 Å². The molecule has 1 fully saturated rings. The molecule has 1 aromatic carbocycles. The third-order valence-electron chi connectivity index (χ3n) is 4.12. The van der Waals surface area contributed by atoms with Gasteiger partial charge in [0, 0.05) is 0 Å². The van der Waals surface area contributed by atoms with Crippen LogP contribution in [0.5, 0.6) is 0 Å². The SMILES string of the molecule is Cc1cccc(C(C(=O)O)C2CCCC2)c1C. The van der Waals surface area contributed by atoms with Gasteiger partial charge in [0.05, 0.1) is 5.92 Å². The molecule has 17 heavy (non-hydrogen) atoms. The van der Waals surface area contributed by atoms with Crippen molar-refractivity contribution in [1.82, 2.24) is 0 Å². The molecular weight excluding hydrogens is 212 g/mol. The summed E-state index contributed by atoms with van der Waals surface area (Å²) in [5, 5.41) is 9.50. The maximum Gasteiger partial charge on any atom is 0.311 e. The second kappa shape index (κ2) is 4.91. The molecule has 2 heteroatoms. The molecule has 0 saturated heterocycles. The topological polar surface area (TPSA) is 37.3 Å². The van der Waals surface area contributed by atoms with Crippen molar-refractivity contribution >= 4 is 5.97 Å². The predicted octanol–water partition coefficient (Wildman–Crippen LogP) is 3.66. The van der Waals surface area contributed by atoms with Gasteiger partial charge in [0.1, 0.15) is 0 Å². The Hall–Kier alpha value is -1.31. The Morgan fingerprint density at radius 2 is 1.94 bits per heavy atom. The molecule has 1 aliphatic carbocycles. The molecule has 0 aromatic heterocycles. The van der Waals surface area contributed by atoms with Crippen LogP contribution < -0.4 is 0 Å². The largest absolute Gasteiger partial charge is 0.481 e. The Morgan fingerprint density at radius 1 is 1.29 bits per heavy atom. The van der Waals surface area contributed by atoms with Crippen molar-refractivity contribution in [1.29, 1.82) is 0 Å². The van der Waals surface area contributed by atoms with Crippen molar-refractivity contribution < 1.29 is 9.90 Å². The van der Waals surface area contributed by atoms with Crippen molar-refractivity contribution in [2.24, 2.45) is 5.92 Å². The number of aryl methyl sites for hydroxylation is 1. The molecule has 0 radical (unpaired) electrons. The van der Waals surface area contributed by atoms with Crippen LogP contribution in [0.3, 0.4) is 0 Å². The summed E-state index contributed by atoms with van der Waals surface area (Å²) in [6.07, 6.45) is 4.48. The molecular formula is C15H20O2. The normalized spacial score (nSPS) is 18.2. The first-order chi connectivity index (χ1) is 8.11. The molecule has 1 N–H and O–H groups in total. The van der Waals surface area contributed by atoms with Crippen LogP contribution in [0.4, 0.5) is 0 Å². The molecule has 2 rings (SSSR count). The number of hydrogen-bond donors (Lipinski definition) is 1. The smallest absolute Gasteiger partial charge is 0.311 e. The van der Waals surface area contributed by atoms with Crippen LogP contribution in [0.25, 0.3) is 0 Å². The first-order valence-corrected chi connectivity index (χ1v) is 6.40. The summed E-state index contributed by atoms with van der Waals surface area (Å²) in [4.78, 5) is 11.6. The van der Waals surface area contributed by atoms with Crippen LogP contribution >= 0.6 is 0 Å². The number of aliphatic carboxylic acids is 1. The van der Waals surface area contributed by atoms with Crippen molar-refractivity contribution in [2.45, 2.75) is 45.4 Å². The molecule has 1 atom stereocenters. The lowest BCUT2D eigenvalue weighted by molar-refractivity contribution is -0.140. The van der Waals surface area contributed by atoms with Crippen LogP contribution in [-0.2, 0) is 4.79 Å². The lowest BCUT2D eigenvalue weighted by atomic mass is 9.82. The summed E-state index contributed by atoms with van der Waals surface area (Å²) >= 11 is 0. The lowest BCUT2D eigenvalue weighted by Crippen LogP contribution is -2.20. The van der Waals surface area contributed by atoms with E-state index in [1.165, 1.54) is 18.4 Å². The molecule has 0 amide bonds. The highest BCUT2D eigenvalue weighted by molar-refractivity contribution is 5.77. The third kappa shape index (κ3) is 2.36. The summed E-state index contributed by atoms with van der Waals surface area (Å²) in [6, 6.07) is 6.01. The van der Waals surface area contributed by atoms with Crippen molar-refractivity contribution in [3.05, 3.63) is 34.9 Å². The van der Waals surface area contributed by atoms with E-state index in [4.69, 9.17) is 0 Å². The van der Waals surface area contributed by atoms with Crippen molar-refractivity contribution in [3.63, 3.8) is 0 Å². The maximum atomic E-state index is 11.6. The van der Waals surface area contributed by atoms with E-state index >= 15 is 0 Å². The fourth-order valence-electron chi connectivity index (χ4n) is 2.99. The number of carbonyl (C=O) groups is 1. The first-order valence-electron chi connectivity index (χ1n) is 6.40. The Bertz CT molecular complexity index is 417.